The van der Waals surface area contributed by atoms with Gasteiger partial charge in [0.2, 0.25) is 0 Å². The summed E-state index contributed by atoms with van der Waals surface area (Å²) in [6, 6.07) is 18.8. The molecule has 4 rings (SSSR count). The molecule has 0 saturated heterocycles. The number of sulfonamides is 1. The van der Waals surface area contributed by atoms with E-state index < -0.39 is 26.8 Å². The van der Waals surface area contributed by atoms with Gasteiger partial charge in [0.25, 0.3) is 15.7 Å². The highest BCUT2D eigenvalue weighted by molar-refractivity contribution is 7.89. The van der Waals surface area contributed by atoms with Gasteiger partial charge in [0.1, 0.15) is 5.75 Å². The molecule has 10 heteroatoms. The van der Waals surface area contributed by atoms with Crippen molar-refractivity contribution in [3.63, 3.8) is 0 Å². The van der Waals surface area contributed by atoms with E-state index in [1.54, 1.807) is 42.5 Å². The third-order valence-corrected chi connectivity index (χ3v) is 6.43. The third-order valence-electron chi connectivity index (χ3n) is 5.21. The van der Waals surface area contributed by atoms with E-state index in [4.69, 9.17) is 4.74 Å². The number of para-hydroxylation sites is 1. The van der Waals surface area contributed by atoms with Crippen LogP contribution in [0.2, 0.25) is 0 Å². The maximum absolute atomic E-state index is 12.7. The number of hydrogen-bond donors (Lipinski definition) is 1. The van der Waals surface area contributed by atoms with Crippen molar-refractivity contribution in [1.29, 1.82) is 0 Å². The molecule has 0 amide bonds. The first-order valence-corrected chi connectivity index (χ1v) is 11.4. The Morgan fingerprint density at radius 2 is 1.82 bits per heavy atom. The number of carbonyl (C=O) groups is 1. The van der Waals surface area contributed by atoms with E-state index in [1.807, 2.05) is 6.92 Å². The summed E-state index contributed by atoms with van der Waals surface area (Å²) >= 11 is 0. The number of rotatable bonds is 7. The normalized spacial score (nSPS) is 15.6. The van der Waals surface area contributed by atoms with Gasteiger partial charge in [-0.2, -0.15) is 18.4 Å². The average Bonchev–Trinajstić information content (AvgIpc) is 3.11. The number of aryl methyl sites for hydroxylation is 1. The Morgan fingerprint density at radius 3 is 2.55 bits per heavy atom. The second-order valence-corrected chi connectivity index (χ2v) is 9.15. The van der Waals surface area contributed by atoms with Crippen molar-refractivity contribution in [3.8, 4) is 5.75 Å². The van der Waals surface area contributed by atoms with Crippen molar-refractivity contribution in [2.45, 2.75) is 24.2 Å². The fraction of sp³-hybridized carbons (Fsp3) is 0.130. The second-order valence-electron chi connectivity index (χ2n) is 7.49. The van der Waals surface area contributed by atoms with Crippen LogP contribution in [0.25, 0.3) is 0 Å². The number of carbonyl (C=O) groups excluding carboxylic acids is 1. The second kappa shape index (κ2) is 8.83. The lowest BCUT2D eigenvalue weighted by molar-refractivity contribution is -0.384. The molecule has 1 aliphatic rings. The van der Waals surface area contributed by atoms with Gasteiger partial charge in [-0.25, -0.2) is 0 Å². The summed E-state index contributed by atoms with van der Waals surface area (Å²) in [6.45, 7) is 1.83. The molecule has 3 aromatic rings. The number of non-ortho nitro benzene ring substituents is 1. The highest BCUT2D eigenvalue weighted by atomic mass is 32.2. The SMILES string of the molecule is Cc1ccc(S(=O)(=O)N/N=C(/CC2C(=O)Oc3ccccc32)c2cccc([N+](=O)[O-])c2)cc1. The van der Waals surface area contributed by atoms with Crippen LogP contribution < -0.4 is 9.57 Å². The number of hydrogen-bond acceptors (Lipinski definition) is 7. The van der Waals surface area contributed by atoms with E-state index in [0.717, 1.165) is 5.56 Å². The monoisotopic (exact) mass is 465 g/mol. The Morgan fingerprint density at radius 1 is 1.09 bits per heavy atom. The zero-order valence-electron chi connectivity index (χ0n) is 17.5. The molecular formula is C23H19N3O6S. The number of nitro groups is 1. The van der Waals surface area contributed by atoms with Crippen LogP contribution in [0.4, 0.5) is 5.69 Å². The maximum atomic E-state index is 12.7. The fourth-order valence-electron chi connectivity index (χ4n) is 3.47. The quantitative estimate of drug-likeness (QED) is 0.186. The van der Waals surface area contributed by atoms with Gasteiger partial charge in [-0.15, -0.1) is 0 Å². The lowest BCUT2D eigenvalue weighted by Crippen LogP contribution is -2.23. The minimum Gasteiger partial charge on any atom is -0.426 e. The van der Waals surface area contributed by atoms with Crippen molar-refractivity contribution < 1.29 is 22.9 Å². The minimum atomic E-state index is -4.00. The van der Waals surface area contributed by atoms with Gasteiger partial charge in [0, 0.05) is 29.7 Å². The van der Waals surface area contributed by atoms with Crippen molar-refractivity contribution in [3.05, 3.63) is 99.6 Å². The highest BCUT2D eigenvalue weighted by Crippen LogP contribution is 2.37. The number of nitro benzene ring substituents is 1. The zero-order chi connectivity index (χ0) is 23.6. The van der Waals surface area contributed by atoms with Crippen molar-refractivity contribution >= 4 is 27.4 Å². The van der Waals surface area contributed by atoms with Crippen LogP contribution >= 0.6 is 0 Å². The molecule has 33 heavy (non-hydrogen) atoms. The lowest BCUT2D eigenvalue weighted by atomic mass is 9.92. The summed E-state index contributed by atoms with van der Waals surface area (Å²) in [6.07, 6.45) is -0.0204. The lowest BCUT2D eigenvalue weighted by Gasteiger charge is -2.12. The van der Waals surface area contributed by atoms with E-state index in [9.17, 15) is 23.3 Å². The predicted molar refractivity (Wildman–Crippen MR) is 121 cm³/mol. The smallest absolute Gasteiger partial charge is 0.319 e. The molecule has 0 bridgehead atoms. The van der Waals surface area contributed by atoms with Gasteiger partial charge in [-0.05, 0) is 25.1 Å². The predicted octanol–water partition coefficient (Wildman–Crippen LogP) is 3.68. The first-order valence-electron chi connectivity index (χ1n) is 9.95. The molecule has 0 aliphatic carbocycles. The van der Waals surface area contributed by atoms with Gasteiger partial charge < -0.3 is 4.74 Å². The van der Waals surface area contributed by atoms with Gasteiger partial charge in [-0.3, -0.25) is 14.9 Å². The van der Waals surface area contributed by atoms with Crippen molar-refractivity contribution in [2.75, 3.05) is 0 Å². The average molecular weight is 465 g/mol. The van der Waals surface area contributed by atoms with Crippen molar-refractivity contribution in [2.24, 2.45) is 5.10 Å². The Balaban J connectivity index is 1.72. The number of fused-ring (bicyclic) bond motifs is 1. The van der Waals surface area contributed by atoms with Gasteiger partial charge >= 0.3 is 5.97 Å². The largest absolute Gasteiger partial charge is 0.426 e. The summed E-state index contributed by atoms with van der Waals surface area (Å²) < 4.78 is 30.8. The van der Waals surface area contributed by atoms with Crippen LogP contribution in [0.5, 0.6) is 5.75 Å². The molecule has 1 atom stereocenters. The van der Waals surface area contributed by atoms with Crippen LogP contribution in [0.3, 0.4) is 0 Å². The fourth-order valence-corrected chi connectivity index (χ4v) is 4.30. The molecule has 0 fully saturated rings. The Kier molecular flexibility index (Phi) is 5.93. The summed E-state index contributed by atoms with van der Waals surface area (Å²) in [5.41, 5.74) is 1.83. The molecule has 9 nitrogen and oxygen atoms in total. The molecule has 1 aliphatic heterocycles. The summed E-state index contributed by atoms with van der Waals surface area (Å²) in [4.78, 5) is 25.4. The molecule has 168 valence electrons. The molecule has 0 radical (unpaired) electrons. The molecule has 0 saturated carbocycles. The Hall–Kier alpha value is -4.05. The molecule has 0 aromatic heterocycles. The molecular weight excluding hydrogens is 446 g/mol. The van der Waals surface area contributed by atoms with E-state index in [2.05, 4.69) is 9.93 Å². The number of esters is 1. The number of hydrazone groups is 1. The zero-order valence-corrected chi connectivity index (χ0v) is 18.3. The van der Waals surface area contributed by atoms with Gasteiger partial charge in [0.15, 0.2) is 0 Å². The Bertz CT molecular complexity index is 1370. The number of ether oxygens (including phenoxy) is 1. The number of nitrogens with zero attached hydrogens (tertiary/aromatic N) is 2. The number of benzene rings is 3. The summed E-state index contributed by atoms with van der Waals surface area (Å²) in [7, 11) is -4.00. The molecule has 3 aromatic carbocycles. The standard InChI is InChI=1S/C23H19N3O6S/c1-15-9-11-18(12-10-15)33(30,31)25-24-21(16-5-4-6-17(13-16)26(28)29)14-20-19-7-2-3-8-22(19)32-23(20)27/h2-13,20,25H,14H2,1H3/b24-21-. The molecule has 0 spiro atoms. The van der Waals surface area contributed by atoms with Crippen LogP contribution in [-0.2, 0) is 14.8 Å². The first kappa shape index (κ1) is 22.2. The molecule has 1 N–H and O–H groups in total. The van der Waals surface area contributed by atoms with E-state index >= 15 is 0 Å². The summed E-state index contributed by atoms with van der Waals surface area (Å²) in [5.74, 6) is -0.815. The molecule has 1 unspecified atom stereocenters. The van der Waals surface area contributed by atoms with Crippen LogP contribution in [0.1, 0.15) is 29.0 Å². The highest BCUT2D eigenvalue weighted by Gasteiger charge is 2.34. The van der Waals surface area contributed by atoms with E-state index in [1.165, 1.54) is 30.3 Å². The van der Waals surface area contributed by atoms with Gasteiger partial charge in [-0.1, -0.05) is 48.0 Å². The minimum absolute atomic E-state index is 0.0147. The van der Waals surface area contributed by atoms with Gasteiger partial charge in [0.05, 0.1) is 21.4 Å². The third kappa shape index (κ3) is 4.75. The van der Waals surface area contributed by atoms with Crippen LogP contribution in [0.15, 0.2) is 82.8 Å². The summed E-state index contributed by atoms with van der Waals surface area (Å²) in [5, 5.41) is 15.3. The van der Waals surface area contributed by atoms with Crippen LogP contribution in [0, 0.1) is 17.0 Å². The maximum Gasteiger partial charge on any atom is 0.319 e. The number of nitrogens with one attached hydrogen (secondary N) is 1. The first-order chi connectivity index (χ1) is 15.7. The molecule has 1 heterocycles. The van der Waals surface area contributed by atoms with E-state index in [-0.39, 0.29) is 22.7 Å². The van der Waals surface area contributed by atoms with Crippen molar-refractivity contribution in [1.82, 2.24) is 4.83 Å². The topological polar surface area (TPSA) is 128 Å². The van der Waals surface area contributed by atoms with E-state index in [0.29, 0.717) is 16.9 Å². The Labute approximate surface area is 189 Å². The van der Waals surface area contributed by atoms with Crippen LogP contribution in [-0.4, -0.2) is 25.0 Å².